The molecule has 0 saturated heterocycles. The Kier molecular flexibility index (Phi) is 8.71. The first-order valence-corrected chi connectivity index (χ1v) is 12.1. The fourth-order valence-corrected chi connectivity index (χ4v) is 4.81. The third-order valence-corrected chi connectivity index (χ3v) is 6.34. The van der Waals surface area contributed by atoms with Crippen molar-refractivity contribution in [3.63, 3.8) is 0 Å². The number of ether oxygens (including phenoxy) is 3. The number of rotatable bonds is 10. The number of anilines is 1. The number of nitrogens with one attached hydrogen (secondary N) is 1. The van der Waals surface area contributed by atoms with Crippen LogP contribution in [0.3, 0.4) is 0 Å². The number of hydrogen-bond acceptors (Lipinski definition) is 6. The lowest BCUT2D eigenvalue weighted by atomic mass is 10.0. The molecule has 1 N–H and O–H groups in total. The van der Waals surface area contributed by atoms with Gasteiger partial charge in [0.05, 0.1) is 20.3 Å². The molecule has 3 rings (SSSR count). The quantitative estimate of drug-likeness (QED) is 0.271. The maximum atomic E-state index is 12.7. The number of amides is 1. The van der Waals surface area contributed by atoms with Crippen LogP contribution in [0.1, 0.15) is 46.1 Å². The molecule has 34 heavy (non-hydrogen) atoms. The number of methoxy groups -OCH3 is 1. The zero-order chi connectivity index (χ0) is 24.7. The molecule has 0 aliphatic rings. The van der Waals surface area contributed by atoms with Gasteiger partial charge in [-0.15, -0.1) is 11.3 Å². The lowest BCUT2D eigenvalue weighted by Crippen LogP contribution is -2.15. The van der Waals surface area contributed by atoms with Crippen molar-refractivity contribution < 1.29 is 23.8 Å². The van der Waals surface area contributed by atoms with Gasteiger partial charge < -0.3 is 19.5 Å². The molecule has 0 fully saturated rings. The first-order valence-electron chi connectivity index (χ1n) is 11.3. The molecule has 0 unspecified atom stereocenters. The Hall–Kier alpha value is -3.32. The van der Waals surface area contributed by atoms with Crippen LogP contribution in [0, 0.1) is 20.8 Å². The number of carbonyl (C=O) groups is 2. The smallest absolute Gasteiger partial charge is 0.341 e. The molecule has 1 heterocycles. The predicted molar refractivity (Wildman–Crippen MR) is 136 cm³/mol. The molecule has 7 heteroatoms. The van der Waals surface area contributed by atoms with Crippen LogP contribution in [0.15, 0.2) is 42.5 Å². The Morgan fingerprint density at radius 1 is 1.00 bits per heavy atom. The standard InChI is InChI=1S/C27H31NO5S/c1-6-32-21-12-10-20(11-13-21)24-19(4)34-26(25(24)27(30)31-5)28-23(29)8-7-15-33-22-14-9-17(2)16-18(22)3/h9-14,16H,6-8,15H2,1-5H3,(H,28,29). The average molecular weight is 482 g/mol. The largest absolute Gasteiger partial charge is 0.494 e. The second kappa shape index (κ2) is 11.7. The molecule has 0 radical (unpaired) electrons. The summed E-state index contributed by atoms with van der Waals surface area (Å²) in [5, 5.41) is 3.40. The van der Waals surface area contributed by atoms with Crippen LogP contribution >= 0.6 is 11.3 Å². The summed E-state index contributed by atoms with van der Waals surface area (Å²) < 4.78 is 16.4. The van der Waals surface area contributed by atoms with Gasteiger partial charge in [0, 0.05) is 16.9 Å². The molecule has 0 saturated carbocycles. The number of carbonyl (C=O) groups excluding carboxylic acids is 2. The van der Waals surface area contributed by atoms with Gasteiger partial charge in [-0.2, -0.15) is 0 Å². The van der Waals surface area contributed by atoms with Gasteiger partial charge in [0.15, 0.2) is 0 Å². The van der Waals surface area contributed by atoms with E-state index in [1.165, 1.54) is 24.0 Å². The summed E-state index contributed by atoms with van der Waals surface area (Å²) in [6.45, 7) is 8.91. The second-order valence-electron chi connectivity index (χ2n) is 7.96. The molecular weight excluding hydrogens is 450 g/mol. The summed E-state index contributed by atoms with van der Waals surface area (Å²) >= 11 is 1.37. The Bertz CT molecular complexity index is 1150. The van der Waals surface area contributed by atoms with Gasteiger partial charge >= 0.3 is 5.97 Å². The maximum Gasteiger partial charge on any atom is 0.341 e. The van der Waals surface area contributed by atoms with Crippen molar-refractivity contribution in [2.24, 2.45) is 0 Å². The molecule has 1 amide bonds. The molecule has 180 valence electrons. The van der Waals surface area contributed by atoms with Crippen molar-refractivity contribution in [1.82, 2.24) is 0 Å². The number of aryl methyl sites for hydroxylation is 3. The Morgan fingerprint density at radius 2 is 1.74 bits per heavy atom. The Morgan fingerprint density at radius 3 is 2.38 bits per heavy atom. The van der Waals surface area contributed by atoms with Crippen molar-refractivity contribution in [3.05, 3.63) is 64.0 Å². The van der Waals surface area contributed by atoms with E-state index in [1.54, 1.807) is 0 Å². The third kappa shape index (κ3) is 6.17. The summed E-state index contributed by atoms with van der Waals surface area (Å²) in [5.41, 5.74) is 4.24. The SMILES string of the molecule is CCOc1ccc(-c2c(C)sc(NC(=O)CCCOc3ccc(C)cc3C)c2C(=O)OC)cc1. The van der Waals surface area contributed by atoms with E-state index in [0.717, 1.165) is 33.1 Å². The normalized spacial score (nSPS) is 10.6. The molecule has 0 aliphatic carbocycles. The summed E-state index contributed by atoms with van der Waals surface area (Å²) in [6.07, 6.45) is 0.837. The first kappa shape index (κ1) is 25.3. The third-order valence-electron chi connectivity index (χ3n) is 5.32. The van der Waals surface area contributed by atoms with Gasteiger partial charge in [0.1, 0.15) is 22.1 Å². The minimum absolute atomic E-state index is 0.172. The molecular formula is C27H31NO5S. The number of hydrogen-bond donors (Lipinski definition) is 1. The molecule has 2 aromatic carbocycles. The number of thiophene rings is 1. The van der Waals surface area contributed by atoms with Gasteiger partial charge in [0.25, 0.3) is 0 Å². The van der Waals surface area contributed by atoms with E-state index in [2.05, 4.69) is 11.4 Å². The van der Waals surface area contributed by atoms with Gasteiger partial charge in [0.2, 0.25) is 5.91 Å². The van der Waals surface area contributed by atoms with Crippen LogP contribution < -0.4 is 14.8 Å². The van der Waals surface area contributed by atoms with Crippen molar-refractivity contribution in [3.8, 4) is 22.6 Å². The summed E-state index contributed by atoms with van der Waals surface area (Å²) in [5.74, 6) is 0.929. The highest BCUT2D eigenvalue weighted by Crippen LogP contribution is 2.40. The van der Waals surface area contributed by atoms with E-state index in [-0.39, 0.29) is 12.3 Å². The topological polar surface area (TPSA) is 73.9 Å². The van der Waals surface area contributed by atoms with Crippen LogP contribution in [-0.2, 0) is 9.53 Å². The van der Waals surface area contributed by atoms with E-state index in [9.17, 15) is 9.59 Å². The first-order chi connectivity index (χ1) is 16.3. The van der Waals surface area contributed by atoms with E-state index in [4.69, 9.17) is 14.2 Å². The van der Waals surface area contributed by atoms with Gasteiger partial charge in [-0.1, -0.05) is 29.8 Å². The summed E-state index contributed by atoms with van der Waals surface area (Å²) in [4.78, 5) is 26.2. The molecule has 0 aliphatic heterocycles. The molecule has 6 nitrogen and oxygen atoms in total. The van der Waals surface area contributed by atoms with Crippen LogP contribution in [0.5, 0.6) is 11.5 Å². The molecule has 0 bridgehead atoms. The average Bonchev–Trinajstić information content (AvgIpc) is 3.13. The van der Waals surface area contributed by atoms with Crippen molar-refractivity contribution >= 4 is 28.2 Å². The lowest BCUT2D eigenvalue weighted by Gasteiger charge is -2.10. The summed E-state index contributed by atoms with van der Waals surface area (Å²) in [7, 11) is 1.34. The molecule has 0 spiro atoms. The maximum absolute atomic E-state index is 12.7. The minimum Gasteiger partial charge on any atom is -0.494 e. The Labute approximate surface area is 204 Å². The lowest BCUT2D eigenvalue weighted by molar-refractivity contribution is -0.116. The fraction of sp³-hybridized carbons (Fsp3) is 0.333. The van der Waals surface area contributed by atoms with Crippen LogP contribution in [0.4, 0.5) is 5.00 Å². The van der Waals surface area contributed by atoms with Crippen LogP contribution in [0.2, 0.25) is 0 Å². The highest BCUT2D eigenvalue weighted by molar-refractivity contribution is 7.17. The van der Waals surface area contributed by atoms with Gasteiger partial charge in [-0.05, 0) is 63.4 Å². The van der Waals surface area contributed by atoms with E-state index < -0.39 is 5.97 Å². The predicted octanol–water partition coefficient (Wildman–Crippen LogP) is 6.32. The Balaban J connectivity index is 1.69. The molecule has 0 atom stereocenters. The zero-order valence-corrected chi connectivity index (χ0v) is 21.1. The van der Waals surface area contributed by atoms with Gasteiger partial charge in [-0.25, -0.2) is 4.79 Å². The van der Waals surface area contributed by atoms with E-state index in [1.807, 2.05) is 64.1 Å². The van der Waals surface area contributed by atoms with Crippen molar-refractivity contribution in [2.75, 3.05) is 25.6 Å². The van der Waals surface area contributed by atoms with Crippen molar-refractivity contribution in [1.29, 1.82) is 0 Å². The summed E-state index contributed by atoms with van der Waals surface area (Å²) in [6, 6.07) is 13.6. The van der Waals surface area contributed by atoms with E-state index >= 15 is 0 Å². The second-order valence-corrected chi connectivity index (χ2v) is 9.18. The number of esters is 1. The molecule has 1 aromatic heterocycles. The monoisotopic (exact) mass is 481 g/mol. The molecule has 3 aromatic rings. The van der Waals surface area contributed by atoms with Crippen LogP contribution in [0.25, 0.3) is 11.1 Å². The van der Waals surface area contributed by atoms with E-state index in [0.29, 0.717) is 30.2 Å². The van der Waals surface area contributed by atoms with Crippen molar-refractivity contribution in [2.45, 2.75) is 40.5 Å². The van der Waals surface area contributed by atoms with Crippen LogP contribution in [-0.4, -0.2) is 32.2 Å². The van der Waals surface area contributed by atoms with Gasteiger partial charge in [-0.3, -0.25) is 4.79 Å². The highest BCUT2D eigenvalue weighted by atomic mass is 32.1. The fourth-order valence-electron chi connectivity index (χ4n) is 3.73. The highest BCUT2D eigenvalue weighted by Gasteiger charge is 2.25. The minimum atomic E-state index is -0.485. The number of benzene rings is 2. The zero-order valence-electron chi connectivity index (χ0n) is 20.3.